The number of ether oxygens (including phenoxy) is 4. The lowest BCUT2D eigenvalue weighted by molar-refractivity contribution is -0.205. The summed E-state index contributed by atoms with van der Waals surface area (Å²) in [5.41, 5.74) is 0.235. The van der Waals surface area contributed by atoms with E-state index in [1.807, 2.05) is 13.0 Å². The molecule has 0 N–H and O–H groups in total. The first-order valence-electron chi connectivity index (χ1n) is 12.7. The van der Waals surface area contributed by atoms with Gasteiger partial charge < -0.3 is 18.9 Å². The Balaban J connectivity index is 1.43. The fourth-order valence-electron chi connectivity index (χ4n) is 4.19. The van der Waals surface area contributed by atoms with E-state index in [4.69, 9.17) is 9.47 Å². The third-order valence-corrected chi connectivity index (χ3v) is 6.30. The number of hydrogen-bond donors (Lipinski definition) is 0. The molecule has 12 heteroatoms. The van der Waals surface area contributed by atoms with Crippen LogP contribution in [0.4, 0.5) is 35.1 Å². The lowest BCUT2D eigenvalue weighted by Gasteiger charge is -2.29. The van der Waals surface area contributed by atoms with E-state index in [0.29, 0.717) is 18.8 Å². The van der Waals surface area contributed by atoms with Crippen molar-refractivity contribution in [3.05, 3.63) is 107 Å². The molecule has 0 saturated carbocycles. The van der Waals surface area contributed by atoms with Crippen LogP contribution in [0.1, 0.15) is 37.2 Å². The number of allylic oxidation sites excluding steroid dienone is 2. The summed E-state index contributed by atoms with van der Waals surface area (Å²) in [7, 11) is 0. The maximum Gasteiger partial charge on any atom is 0.429 e. The van der Waals surface area contributed by atoms with E-state index >= 15 is 0 Å². The summed E-state index contributed by atoms with van der Waals surface area (Å²) in [4.78, 5) is 0. The predicted molar refractivity (Wildman–Crippen MR) is 136 cm³/mol. The molecule has 3 aromatic carbocycles. The molecular formula is C30H24F8O4. The maximum atomic E-state index is 14.8. The van der Waals surface area contributed by atoms with Crippen LogP contribution in [0.25, 0.3) is 11.1 Å². The molecule has 0 bridgehead atoms. The second-order valence-electron chi connectivity index (χ2n) is 9.30. The summed E-state index contributed by atoms with van der Waals surface area (Å²) >= 11 is 0. The Morgan fingerprint density at radius 2 is 1.50 bits per heavy atom. The molecule has 0 aliphatic carbocycles. The summed E-state index contributed by atoms with van der Waals surface area (Å²) in [5, 5.41) is 0. The highest BCUT2D eigenvalue weighted by molar-refractivity contribution is 5.64. The Hall–Kier alpha value is -3.90. The monoisotopic (exact) mass is 600 g/mol. The van der Waals surface area contributed by atoms with Gasteiger partial charge in [-0.05, 0) is 43.0 Å². The normalized spacial score (nSPS) is 17.4. The van der Waals surface area contributed by atoms with Crippen LogP contribution in [0.15, 0.2) is 78.8 Å². The van der Waals surface area contributed by atoms with E-state index in [0.717, 1.165) is 30.5 Å². The Morgan fingerprint density at radius 1 is 0.881 bits per heavy atom. The first-order valence-corrected chi connectivity index (χ1v) is 12.7. The molecule has 3 aromatic rings. The SMILES string of the molecule is C/C=C/CCC1COC(c2ccc(-c3ccc(C(F)(F)Oc4cc(F)c(OC(F)=C(F)F)c(F)c4)c(F)c3)cc2)OC1. The van der Waals surface area contributed by atoms with E-state index in [1.54, 1.807) is 24.3 Å². The van der Waals surface area contributed by atoms with Crippen molar-refractivity contribution in [1.82, 2.24) is 0 Å². The Morgan fingerprint density at radius 3 is 2.07 bits per heavy atom. The van der Waals surface area contributed by atoms with Crippen molar-refractivity contribution in [2.24, 2.45) is 5.92 Å². The minimum absolute atomic E-state index is 0.146. The average Bonchev–Trinajstić information content (AvgIpc) is 2.95. The number of benzene rings is 3. The molecule has 224 valence electrons. The van der Waals surface area contributed by atoms with E-state index in [9.17, 15) is 35.1 Å². The zero-order chi connectivity index (χ0) is 30.4. The topological polar surface area (TPSA) is 36.9 Å². The average molecular weight is 601 g/mol. The maximum absolute atomic E-state index is 14.8. The molecular weight excluding hydrogens is 576 g/mol. The van der Waals surface area contributed by atoms with E-state index in [2.05, 4.69) is 15.5 Å². The molecule has 1 aliphatic heterocycles. The van der Waals surface area contributed by atoms with Crippen LogP contribution in [-0.2, 0) is 15.6 Å². The van der Waals surface area contributed by atoms with Gasteiger partial charge in [-0.2, -0.15) is 22.0 Å². The van der Waals surface area contributed by atoms with Gasteiger partial charge in [0.2, 0.25) is 5.75 Å². The Bertz CT molecular complexity index is 1420. The third kappa shape index (κ3) is 7.48. The number of alkyl halides is 2. The summed E-state index contributed by atoms with van der Waals surface area (Å²) in [6.07, 6.45) is -2.02. The van der Waals surface area contributed by atoms with E-state index in [-0.39, 0.29) is 23.6 Å². The van der Waals surface area contributed by atoms with Crippen LogP contribution in [0, 0.1) is 23.4 Å². The molecule has 4 nitrogen and oxygen atoms in total. The predicted octanol–water partition coefficient (Wildman–Crippen LogP) is 9.33. The lowest BCUT2D eigenvalue weighted by Crippen LogP contribution is -2.27. The van der Waals surface area contributed by atoms with Crippen molar-refractivity contribution in [3.63, 3.8) is 0 Å². The first kappa shape index (κ1) is 31.0. The fourth-order valence-corrected chi connectivity index (χ4v) is 4.19. The van der Waals surface area contributed by atoms with Crippen LogP contribution in [0.2, 0.25) is 0 Å². The molecule has 0 aromatic heterocycles. The molecule has 0 radical (unpaired) electrons. The van der Waals surface area contributed by atoms with Gasteiger partial charge in [0, 0.05) is 23.6 Å². The molecule has 1 fully saturated rings. The van der Waals surface area contributed by atoms with E-state index < -0.39 is 59.0 Å². The molecule has 1 heterocycles. The standard InChI is InChI=1S/C30H24F8O4/c1-2-3-4-5-17-15-39-29(40-16-17)19-8-6-18(7-9-19)20-10-11-22(23(31)12-20)30(37,38)42-21-13-24(32)26(25(33)14-21)41-28(36)27(34)35/h2-3,6-14,17,29H,4-5,15-16H2,1H3/b3-2+. The fraction of sp³-hybridized carbons (Fsp3) is 0.267. The zero-order valence-corrected chi connectivity index (χ0v) is 22.0. The molecule has 4 rings (SSSR count). The summed E-state index contributed by atoms with van der Waals surface area (Å²) in [6.45, 7) is 3.04. The van der Waals surface area contributed by atoms with Gasteiger partial charge in [0.05, 0.1) is 18.8 Å². The highest BCUT2D eigenvalue weighted by atomic mass is 19.3. The summed E-state index contributed by atoms with van der Waals surface area (Å²) in [5.74, 6) is -7.47. The zero-order valence-electron chi connectivity index (χ0n) is 22.0. The van der Waals surface area contributed by atoms with Gasteiger partial charge >= 0.3 is 18.2 Å². The smallest absolute Gasteiger partial charge is 0.429 e. The van der Waals surface area contributed by atoms with Gasteiger partial charge in [-0.25, -0.2) is 13.2 Å². The summed E-state index contributed by atoms with van der Waals surface area (Å²) in [6, 6.07) is 7.21. The minimum atomic E-state index is -4.41. The second kappa shape index (κ2) is 13.4. The lowest BCUT2D eigenvalue weighted by atomic mass is 10.0. The van der Waals surface area contributed by atoms with Gasteiger partial charge in [0.15, 0.2) is 17.9 Å². The van der Waals surface area contributed by atoms with Crippen molar-refractivity contribution in [2.45, 2.75) is 32.2 Å². The van der Waals surface area contributed by atoms with Crippen LogP contribution >= 0.6 is 0 Å². The van der Waals surface area contributed by atoms with Crippen molar-refractivity contribution in [1.29, 1.82) is 0 Å². The second-order valence-corrected chi connectivity index (χ2v) is 9.30. The van der Waals surface area contributed by atoms with Crippen LogP contribution in [0.5, 0.6) is 11.5 Å². The van der Waals surface area contributed by atoms with Gasteiger partial charge in [0.25, 0.3) is 0 Å². The third-order valence-electron chi connectivity index (χ3n) is 6.30. The minimum Gasteiger partial charge on any atom is -0.429 e. The molecule has 0 atom stereocenters. The number of hydrogen-bond acceptors (Lipinski definition) is 4. The molecule has 0 unspecified atom stereocenters. The van der Waals surface area contributed by atoms with Crippen molar-refractivity contribution in [2.75, 3.05) is 13.2 Å². The largest absolute Gasteiger partial charge is 0.429 e. The summed E-state index contributed by atoms with van der Waals surface area (Å²) < 4.78 is 129. The van der Waals surface area contributed by atoms with Crippen molar-refractivity contribution in [3.8, 4) is 22.6 Å². The molecule has 1 saturated heterocycles. The molecule has 42 heavy (non-hydrogen) atoms. The molecule has 1 aliphatic rings. The van der Waals surface area contributed by atoms with Gasteiger partial charge in [-0.1, -0.05) is 42.5 Å². The highest BCUT2D eigenvalue weighted by Gasteiger charge is 2.38. The van der Waals surface area contributed by atoms with Crippen molar-refractivity contribution >= 4 is 0 Å². The molecule has 0 amide bonds. The number of halogens is 8. The Kier molecular flexibility index (Phi) is 9.89. The number of rotatable bonds is 10. The van der Waals surface area contributed by atoms with Crippen LogP contribution in [-0.4, -0.2) is 13.2 Å². The van der Waals surface area contributed by atoms with Crippen LogP contribution < -0.4 is 9.47 Å². The highest BCUT2D eigenvalue weighted by Crippen LogP contribution is 2.38. The van der Waals surface area contributed by atoms with Crippen LogP contribution in [0.3, 0.4) is 0 Å². The quantitative estimate of drug-likeness (QED) is 0.132. The van der Waals surface area contributed by atoms with E-state index in [1.165, 1.54) is 6.07 Å². The van der Waals surface area contributed by atoms with Gasteiger partial charge in [-0.15, -0.1) is 0 Å². The van der Waals surface area contributed by atoms with Crippen molar-refractivity contribution < 1.29 is 54.1 Å². The van der Waals surface area contributed by atoms with Gasteiger partial charge in [-0.3, -0.25) is 0 Å². The van der Waals surface area contributed by atoms with Gasteiger partial charge in [0.1, 0.15) is 11.6 Å². The first-order chi connectivity index (χ1) is 20.0. The molecule has 0 spiro atoms. The Labute approximate surface area is 235 Å².